The lowest BCUT2D eigenvalue weighted by atomic mass is 9.92. The van der Waals surface area contributed by atoms with Crippen LogP contribution < -0.4 is 5.32 Å². The highest BCUT2D eigenvalue weighted by atomic mass is 35.5. The maximum absolute atomic E-state index is 12.1. The van der Waals surface area contributed by atoms with Crippen molar-refractivity contribution in [2.75, 3.05) is 5.32 Å². The number of fused-ring (bicyclic) bond motifs is 1. The van der Waals surface area contributed by atoms with Crippen molar-refractivity contribution in [2.45, 2.75) is 27.2 Å². The maximum Gasteiger partial charge on any atom is 0.224 e. The number of halogens is 1. The van der Waals surface area contributed by atoms with Gasteiger partial charge in [-0.05, 0) is 29.7 Å². The summed E-state index contributed by atoms with van der Waals surface area (Å²) in [7, 11) is 0. The van der Waals surface area contributed by atoms with E-state index >= 15 is 0 Å². The third kappa shape index (κ3) is 3.95. The number of imidazole rings is 1. The first kappa shape index (κ1) is 16.5. The van der Waals surface area contributed by atoms with Crippen LogP contribution in [-0.4, -0.2) is 15.3 Å². The van der Waals surface area contributed by atoms with Gasteiger partial charge in [0.1, 0.15) is 5.65 Å². The van der Waals surface area contributed by atoms with Crippen LogP contribution in [0.2, 0.25) is 5.02 Å². The highest BCUT2D eigenvalue weighted by molar-refractivity contribution is 6.30. The van der Waals surface area contributed by atoms with Gasteiger partial charge in [0.25, 0.3) is 0 Å². The molecule has 0 fully saturated rings. The first-order valence-corrected chi connectivity index (χ1v) is 8.22. The van der Waals surface area contributed by atoms with Crippen molar-refractivity contribution in [1.29, 1.82) is 0 Å². The normalized spacial score (nSPS) is 11.7. The number of anilines is 1. The summed E-state index contributed by atoms with van der Waals surface area (Å²) in [4.78, 5) is 16.7. The number of pyridine rings is 1. The highest BCUT2D eigenvalue weighted by Gasteiger charge is 2.16. The Morgan fingerprint density at radius 1 is 1.21 bits per heavy atom. The molecule has 0 saturated heterocycles. The molecule has 4 nitrogen and oxygen atoms in total. The Morgan fingerprint density at radius 2 is 2.00 bits per heavy atom. The van der Waals surface area contributed by atoms with E-state index in [1.54, 1.807) is 0 Å². The van der Waals surface area contributed by atoms with E-state index in [9.17, 15) is 4.79 Å². The fourth-order valence-corrected chi connectivity index (χ4v) is 2.72. The molecule has 1 aromatic carbocycles. The second kappa shape index (κ2) is 6.29. The molecule has 1 N–H and O–H groups in total. The van der Waals surface area contributed by atoms with E-state index in [1.807, 2.05) is 74.0 Å². The van der Waals surface area contributed by atoms with E-state index in [4.69, 9.17) is 11.6 Å². The van der Waals surface area contributed by atoms with Gasteiger partial charge in [0.05, 0.1) is 10.7 Å². The van der Waals surface area contributed by atoms with Crippen LogP contribution in [0.3, 0.4) is 0 Å². The van der Waals surface area contributed by atoms with E-state index in [1.165, 1.54) is 0 Å². The predicted molar refractivity (Wildman–Crippen MR) is 98.3 cm³/mol. The second-order valence-corrected chi connectivity index (χ2v) is 7.54. The van der Waals surface area contributed by atoms with E-state index in [2.05, 4.69) is 10.3 Å². The van der Waals surface area contributed by atoms with Gasteiger partial charge < -0.3 is 9.72 Å². The lowest BCUT2D eigenvalue weighted by Gasteiger charge is -2.17. The molecule has 3 aromatic rings. The van der Waals surface area contributed by atoms with Gasteiger partial charge in [0, 0.05) is 30.1 Å². The van der Waals surface area contributed by atoms with Gasteiger partial charge >= 0.3 is 0 Å². The lowest BCUT2D eigenvalue weighted by molar-refractivity contribution is -0.117. The number of aromatic nitrogens is 2. The first-order chi connectivity index (χ1) is 11.3. The van der Waals surface area contributed by atoms with E-state index in [-0.39, 0.29) is 11.3 Å². The minimum Gasteiger partial charge on any atom is -0.326 e. The van der Waals surface area contributed by atoms with Crippen LogP contribution in [0.5, 0.6) is 0 Å². The monoisotopic (exact) mass is 341 g/mol. The number of hydrogen-bond acceptors (Lipinski definition) is 2. The number of nitrogens with zero attached hydrogens (tertiary/aromatic N) is 2. The highest BCUT2D eigenvalue weighted by Crippen LogP contribution is 2.24. The number of hydrogen-bond donors (Lipinski definition) is 1. The molecule has 2 heterocycles. The quantitative estimate of drug-likeness (QED) is 0.726. The van der Waals surface area contributed by atoms with Crippen molar-refractivity contribution in [2.24, 2.45) is 5.41 Å². The molecular weight excluding hydrogens is 322 g/mol. The minimum absolute atomic E-state index is 0.0152. The number of benzene rings is 1. The molecule has 0 atom stereocenters. The minimum atomic E-state index is -0.0391. The summed E-state index contributed by atoms with van der Waals surface area (Å²) in [6.45, 7) is 6.14. The summed E-state index contributed by atoms with van der Waals surface area (Å²) in [6.07, 6.45) is 4.23. The van der Waals surface area contributed by atoms with Crippen molar-refractivity contribution in [3.05, 3.63) is 53.8 Å². The molecule has 0 unspecified atom stereocenters. The average molecular weight is 342 g/mol. The number of nitrogens with one attached hydrogen (secondary N) is 1. The first-order valence-electron chi connectivity index (χ1n) is 7.85. The average Bonchev–Trinajstić information content (AvgIpc) is 2.88. The molecule has 0 radical (unpaired) electrons. The Balaban J connectivity index is 1.85. The summed E-state index contributed by atoms with van der Waals surface area (Å²) in [5.74, 6) is 0.0152. The van der Waals surface area contributed by atoms with Crippen LogP contribution in [-0.2, 0) is 4.79 Å². The molecule has 2 aromatic heterocycles. The fourth-order valence-electron chi connectivity index (χ4n) is 2.55. The summed E-state index contributed by atoms with van der Waals surface area (Å²) in [6, 6.07) is 11.4. The fraction of sp³-hybridized carbons (Fsp3) is 0.263. The second-order valence-electron chi connectivity index (χ2n) is 7.11. The van der Waals surface area contributed by atoms with Gasteiger partial charge in [0.2, 0.25) is 5.91 Å². The summed E-state index contributed by atoms with van der Waals surface area (Å²) < 4.78 is 1.89. The predicted octanol–water partition coefficient (Wildman–Crippen LogP) is 5.03. The molecule has 24 heavy (non-hydrogen) atoms. The molecular formula is C19H20ClN3O. The SMILES string of the molecule is CC(C)(C)CC(=O)Nc1cccc(-c2cn3cc(Cl)ccc3n2)c1. The number of rotatable bonds is 3. The van der Waals surface area contributed by atoms with Crippen LogP contribution >= 0.6 is 11.6 Å². The third-order valence-electron chi connectivity index (χ3n) is 3.55. The summed E-state index contributed by atoms with van der Waals surface area (Å²) >= 11 is 6.01. The van der Waals surface area contributed by atoms with Gasteiger partial charge in [-0.2, -0.15) is 0 Å². The van der Waals surface area contributed by atoms with Gasteiger partial charge in [-0.1, -0.05) is 44.5 Å². The topological polar surface area (TPSA) is 46.4 Å². The third-order valence-corrected chi connectivity index (χ3v) is 3.77. The Hall–Kier alpha value is -2.33. The number of amides is 1. The smallest absolute Gasteiger partial charge is 0.224 e. The molecule has 0 saturated carbocycles. The molecule has 0 aliphatic heterocycles. The molecule has 0 aliphatic rings. The Kier molecular flexibility index (Phi) is 4.33. The molecule has 1 amide bonds. The summed E-state index contributed by atoms with van der Waals surface area (Å²) in [5, 5.41) is 3.62. The van der Waals surface area contributed by atoms with Gasteiger partial charge in [0.15, 0.2) is 0 Å². The Morgan fingerprint density at radius 3 is 2.75 bits per heavy atom. The molecule has 0 spiro atoms. The van der Waals surface area contributed by atoms with E-state index < -0.39 is 0 Å². The zero-order valence-electron chi connectivity index (χ0n) is 14.0. The van der Waals surface area contributed by atoms with Crippen molar-refractivity contribution < 1.29 is 4.79 Å². The van der Waals surface area contributed by atoms with Crippen LogP contribution in [0, 0.1) is 5.41 Å². The standard InChI is InChI=1S/C19H20ClN3O/c1-19(2,3)10-18(24)21-15-6-4-5-13(9-15)16-12-23-11-14(20)7-8-17(23)22-16/h4-9,11-12H,10H2,1-3H3,(H,21,24). The molecule has 124 valence electrons. The summed E-state index contributed by atoms with van der Waals surface area (Å²) in [5.41, 5.74) is 3.35. The van der Waals surface area contributed by atoms with Gasteiger partial charge in [-0.3, -0.25) is 4.79 Å². The van der Waals surface area contributed by atoms with Gasteiger partial charge in [-0.25, -0.2) is 4.98 Å². The number of carbonyl (C=O) groups is 1. The van der Waals surface area contributed by atoms with Crippen molar-refractivity contribution in [1.82, 2.24) is 9.38 Å². The molecule has 3 rings (SSSR count). The molecule has 5 heteroatoms. The van der Waals surface area contributed by atoms with Gasteiger partial charge in [-0.15, -0.1) is 0 Å². The zero-order chi connectivity index (χ0) is 17.3. The van der Waals surface area contributed by atoms with Crippen molar-refractivity contribution in [3.8, 4) is 11.3 Å². The van der Waals surface area contributed by atoms with Crippen LogP contribution in [0.15, 0.2) is 48.8 Å². The van der Waals surface area contributed by atoms with E-state index in [0.717, 1.165) is 22.6 Å². The Bertz CT molecular complexity index is 893. The Labute approximate surface area is 146 Å². The van der Waals surface area contributed by atoms with Crippen LogP contribution in [0.25, 0.3) is 16.9 Å². The maximum atomic E-state index is 12.1. The van der Waals surface area contributed by atoms with E-state index in [0.29, 0.717) is 11.4 Å². The largest absolute Gasteiger partial charge is 0.326 e. The molecule has 0 bridgehead atoms. The van der Waals surface area contributed by atoms with Crippen molar-refractivity contribution >= 4 is 28.8 Å². The zero-order valence-corrected chi connectivity index (χ0v) is 14.8. The molecule has 0 aliphatic carbocycles. The van der Waals surface area contributed by atoms with Crippen LogP contribution in [0.1, 0.15) is 27.2 Å². The van der Waals surface area contributed by atoms with Crippen molar-refractivity contribution in [3.63, 3.8) is 0 Å². The lowest BCUT2D eigenvalue weighted by Crippen LogP contribution is -2.19. The van der Waals surface area contributed by atoms with Crippen LogP contribution in [0.4, 0.5) is 5.69 Å². The number of carbonyl (C=O) groups excluding carboxylic acids is 1.